The number of nitrogens with zero attached hydrogens (tertiary/aromatic N) is 3. The highest BCUT2D eigenvalue weighted by Gasteiger charge is 2.09. The van der Waals surface area contributed by atoms with Crippen molar-refractivity contribution in [1.82, 2.24) is 14.0 Å². The van der Waals surface area contributed by atoms with Gasteiger partial charge in [0.2, 0.25) is 5.78 Å². The maximum absolute atomic E-state index is 10.5. The highest BCUT2D eigenvalue weighted by Crippen LogP contribution is 2.12. The molecule has 1 N–H and O–H groups in total. The minimum Gasteiger partial charge on any atom is -0.481 e. The van der Waals surface area contributed by atoms with Crippen molar-refractivity contribution >= 4 is 11.7 Å². The summed E-state index contributed by atoms with van der Waals surface area (Å²) in [5.74, 6) is 0.0819. The van der Waals surface area contributed by atoms with Crippen LogP contribution in [0.15, 0.2) is 12.4 Å². The number of aliphatic carboxylic acids is 1. The molecule has 2 rings (SSSR count). The average molecular weight is 207 g/mol. The number of imidazole rings is 2. The van der Waals surface area contributed by atoms with Crippen LogP contribution >= 0.6 is 0 Å². The molecule has 0 radical (unpaired) electrons. The van der Waals surface area contributed by atoms with Crippen molar-refractivity contribution in [1.29, 1.82) is 0 Å². The molecule has 80 valence electrons. The number of hydrogen-bond acceptors (Lipinski definition) is 2. The second kappa shape index (κ2) is 3.42. The predicted molar refractivity (Wildman–Crippen MR) is 54.9 cm³/mol. The Hall–Kier alpha value is -1.78. The van der Waals surface area contributed by atoms with Gasteiger partial charge in [0.15, 0.2) is 0 Å². The smallest absolute Gasteiger partial charge is 0.303 e. The molecule has 5 nitrogen and oxygen atoms in total. The number of carboxylic acids is 1. The van der Waals surface area contributed by atoms with Crippen LogP contribution in [0.25, 0.3) is 5.78 Å². The van der Waals surface area contributed by atoms with Gasteiger partial charge in [-0.2, -0.15) is 0 Å². The molecule has 0 spiro atoms. The van der Waals surface area contributed by atoms with Crippen molar-refractivity contribution in [3.63, 3.8) is 0 Å². The number of hydrogen-bond donors (Lipinski definition) is 1. The maximum atomic E-state index is 10.5. The highest BCUT2D eigenvalue weighted by molar-refractivity contribution is 5.67. The number of carbonyl (C=O) groups is 1. The molecular weight excluding hydrogens is 194 g/mol. The summed E-state index contributed by atoms with van der Waals surface area (Å²) in [5, 5.41) is 8.61. The van der Waals surface area contributed by atoms with E-state index in [-0.39, 0.29) is 6.42 Å². The Balaban J connectivity index is 2.36. The molecule has 0 aliphatic carbocycles. The van der Waals surface area contributed by atoms with E-state index in [0.29, 0.717) is 6.42 Å². The second-order valence-corrected chi connectivity index (χ2v) is 3.64. The lowest BCUT2D eigenvalue weighted by molar-refractivity contribution is -0.136. The predicted octanol–water partition coefficient (Wildman–Crippen LogP) is 0.998. The van der Waals surface area contributed by atoms with Crippen LogP contribution in [0.4, 0.5) is 0 Å². The van der Waals surface area contributed by atoms with Crippen LogP contribution < -0.4 is 0 Å². The van der Waals surface area contributed by atoms with Gasteiger partial charge in [-0.15, -0.1) is 0 Å². The molecule has 0 unspecified atom stereocenters. The number of aryl methyl sites for hydroxylation is 3. The third kappa shape index (κ3) is 1.60. The molecule has 0 bridgehead atoms. The van der Waals surface area contributed by atoms with Gasteiger partial charge in [0, 0.05) is 24.6 Å². The normalized spacial score (nSPS) is 11.1. The van der Waals surface area contributed by atoms with E-state index in [9.17, 15) is 4.79 Å². The zero-order valence-corrected chi connectivity index (χ0v) is 8.77. The first-order valence-corrected chi connectivity index (χ1v) is 4.79. The maximum Gasteiger partial charge on any atom is 0.303 e. The van der Waals surface area contributed by atoms with Gasteiger partial charge < -0.3 is 9.67 Å². The monoisotopic (exact) mass is 207 g/mol. The summed E-state index contributed by atoms with van der Waals surface area (Å²) in [5.41, 5.74) is 2.05. The number of rotatable bonds is 3. The van der Waals surface area contributed by atoms with Crippen LogP contribution in [0, 0.1) is 6.92 Å². The van der Waals surface area contributed by atoms with Crippen LogP contribution in [0.1, 0.15) is 17.8 Å². The van der Waals surface area contributed by atoms with Gasteiger partial charge in [-0.05, 0) is 13.3 Å². The lowest BCUT2D eigenvalue weighted by Crippen LogP contribution is -2.02. The average Bonchev–Trinajstić information content (AvgIpc) is 2.67. The molecule has 2 heterocycles. The fraction of sp³-hybridized carbons (Fsp3) is 0.400. The Kier molecular flexibility index (Phi) is 2.22. The highest BCUT2D eigenvalue weighted by atomic mass is 16.4. The molecule has 0 amide bonds. The van der Waals surface area contributed by atoms with Crippen molar-refractivity contribution in [2.75, 3.05) is 0 Å². The molecule has 0 aliphatic heterocycles. The molecule has 5 heteroatoms. The van der Waals surface area contributed by atoms with E-state index >= 15 is 0 Å². The first kappa shape index (κ1) is 9.76. The van der Waals surface area contributed by atoms with Gasteiger partial charge in [-0.25, -0.2) is 4.98 Å². The van der Waals surface area contributed by atoms with Crippen molar-refractivity contribution in [3.8, 4) is 0 Å². The summed E-state index contributed by atoms with van der Waals surface area (Å²) in [6.07, 6.45) is 4.44. The Morgan fingerprint density at radius 2 is 2.33 bits per heavy atom. The Morgan fingerprint density at radius 3 is 2.93 bits per heavy atom. The summed E-state index contributed by atoms with van der Waals surface area (Å²) < 4.78 is 3.90. The lowest BCUT2D eigenvalue weighted by atomic mass is 10.2. The van der Waals surface area contributed by atoms with E-state index in [1.165, 1.54) is 0 Å². The first-order chi connectivity index (χ1) is 7.09. The number of fused-ring (bicyclic) bond motifs is 1. The summed E-state index contributed by atoms with van der Waals surface area (Å²) in [4.78, 5) is 14.7. The summed E-state index contributed by atoms with van der Waals surface area (Å²) in [6.45, 7) is 1.97. The van der Waals surface area contributed by atoms with Gasteiger partial charge in [0.1, 0.15) is 0 Å². The molecule has 2 aromatic heterocycles. The van der Waals surface area contributed by atoms with Crippen LogP contribution in [0.3, 0.4) is 0 Å². The van der Waals surface area contributed by atoms with E-state index in [1.807, 2.05) is 29.1 Å². The van der Waals surface area contributed by atoms with Crippen molar-refractivity contribution in [3.05, 3.63) is 23.8 Å². The molecule has 0 saturated heterocycles. The van der Waals surface area contributed by atoms with Crippen LogP contribution in [0.2, 0.25) is 0 Å². The minimum atomic E-state index is -0.773. The number of aromatic nitrogens is 3. The summed E-state index contributed by atoms with van der Waals surface area (Å²) in [6, 6.07) is 0. The van der Waals surface area contributed by atoms with Crippen LogP contribution in [0.5, 0.6) is 0 Å². The topological polar surface area (TPSA) is 59.5 Å². The molecule has 0 saturated carbocycles. The standard InChI is InChI=1S/C10H13N3O2/c1-7-5-11-10-12(2)8(6-13(7)10)3-4-9(14)15/h5-6H,3-4H2,1-2H3,(H,14,15). The van der Waals surface area contributed by atoms with Crippen LogP contribution in [-0.4, -0.2) is 25.0 Å². The number of carboxylic acid groups (broad SMARTS) is 1. The third-order valence-electron chi connectivity index (χ3n) is 2.57. The lowest BCUT2D eigenvalue weighted by Gasteiger charge is -1.98. The van der Waals surface area contributed by atoms with Crippen molar-refractivity contribution < 1.29 is 9.90 Å². The van der Waals surface area contributed by atoms with Crippen molar-refractivity contribution in [2.24, 2.45) is 7.05 Å². The Labute approximate surface area is 87.0 Å². The fourth-order valence-electron chi connectivity index (χ4n) is 1.67. The van der Waals surface area contributed by atoms with Crippen LogP contribution in [-0.2, 0) is 18.3 Å². The Bertz CT molecular complexity index is 510. The zero-order valence-electron chi connectivity index (χ0n) is 8.77. The van der Waals surface area contributed by atoms with E-state index in [0.717, 1.165) is 17.2 Å². The van der Waals surface area contributed by atoms with E-state index < -0.39 is 5.97 Å². The van der Waals surface area contributed by atoms with Gasteiger partial charge >= 0.3 is 5.97 Å². The van der Waals surface area contributed by atoms with Gasteiger partial charge in [-0.3, -0.25) is 9.20 Å². The molecule has 0 fully saturated rings. The summed E-state index contributed by atoms with van der Waals surface area (Å²) in [7, 11) is 1.90. The Morgan fingerprint density at radius 1 is 1.60 bits per heavy atom. The van der Waals surface area contributed by atoms with Crippen molar-refractivity contribution in [2.45, 2.75) is 19.8 Å². The SMILES string of the molecule is Cc1cnc2n(C)c(CCC(=O)O)cn12. The van der Waals surface area contributed by atoms with E-state index in [4.69, 9.17) is 5.11 Å². The van der Waals surface area contributed by atoms with Gasteiger partial charge in [0.25, 0.3) is 0 Å². The molecule has 2 aromatic rings. The largest absolute Gasteiger partial charge is 0.481 e. The quantitative estimate of drug-likeness (QED) is 0.816. The minimum absolute atomic E-state index is 0.153. The van der Waals surface area contributed by atoms with E-state index in [2.05, 4.69) is 4.98 Å². The third-order valence-corrected chi connectivity index (χ3v) is 2.57. The first-order valence-electron chi connectivity index (χ1n) is 4.79. The molecular formula is C10H13N3O2. The summed E-state index contributed by atoms with van der Waals surface area (Å²) >= 11 is 0. The second-order valence-electron chi connectivity index (χ2n) is 3.64. The molecule has 15 heavy (non-hydrogen) atoms. The van der Waals surface area contributed by atoms with E-state index in [1.54, 1.807) is 6.20 Å². The molecule has 0 aliphatic rings. The zero-order chi connectivity index (χ0) is 11.0. The van der Waals surface area contributed by atoms with Gasteiger partial charge in [-0.1, -0.05) is 0 Å². The molecule has 0 aromatic carbocycles. The van der Waals surface area contributed by atoms with Gasteiger partial charge in [0.05, 0.1) is 12.6 Å². The fourth-order valence-corrected chi connectivity index (χ4v) is 1.67. The molecule has 0 atom stereocenters.